The Balaban J connectivity index is 3.32. The maximum absolute atomic E-state index is 12.2. The molecule has 0 unspecified atom stereocenters. The number of ketones is 1. The number of rotatable bonds is 1. The molecule has 0 fully saturated rings. The normalized spacial score (nSPS) is 20.5. The molecule has 0 amide bonds. The van der Waals surface area contributed by atoms with E-state index in [1.807, 2.05) is 0 Å². The second-order valence-corrected chi connectivity index (χ2v) is 3.83. The van der Waals surface area contributed by atoms with Crippen LogP contribution in [0.15, 0.2) is 22.7 Å². The van der Waals surface area contributed by atoms with Crippen molar-refractivity contribution in [2.45, 2.75) is 31.6 Å². The molecule has 3 nitrogen and oxygen atoms in total. The fourth-order valence-electron chi connectivity index (χ4n) is 1.65. The second-order valence-electron chi connectivity index (χ2n) is 3.83. The number of carbonyl (C=O) groups is 1. The van der Waals surface area contributed by atoms with Crippen LogP contribution in [0.25, 0.3) is 0 Å². The number of halogens is 6. The second kappa shape index (κ2) is 4.78. The number of aliphatic hydroxyl groups excluding tert-OH is 2. The zero-order valence-corrected chi connectivity index (χ0v) is 9.19. The van der Waals surface area contributed by atoms with Gasteiger partial charge >= 0.3 is 12.4 Å². The van der Waals surface area contributed by atoms with Gasteiger partial charge in [-0.05, 0) is 19.3 Å². The molecule has 2 N–H and O–H groups in total. The molecule has 0 spiro atoms. The first kappa shape index (κ1) is 15.4. The van der Waals surface area contributed by atoms with E-state index in [1.165, 1.54) is 0 Å². The van der Waals surface area contributed by atoms with Gasteiger partial charge in [0.25, 0.3) is 5.78 Å². The average Bonchev–Trinajstić information content (AvgIpc) is 2.25. The Bertz CT molecular complexity index is 455. The first-order valence-corrected chi connectivity index (χ1v) is 4.99. The van der Waals surface area contributed by atoms with E-state index in [0.29, 0.717) is 0 Å². The fraction of sp³-hybridized carbons (Fsp3) is 0.500. The molecule has 0 saturated heterocycles. The molecule has 1 aliphatic carbocycles. The molecular weight excluding hydrogens is 282 g/mol. The predicted octanol–water partition coefficient (Wildman–Crippen LogP) is 3.49. The Morgan fingerprint density at radius 3 is 1.95 bits per heavy atom. The summed E-state index contributed by atoms with van der Waals surface area (Å²) in [5.41, 5.74) is -2.25. The van der Waals surface area contributed by atoms with Crippen LogP contribution in [-0.2, 0) is 4.79 Å². The summed E-state index contributed by atoms with van der Waals surface area (Å²) in [6, 6.07) is 0. The molecule has 0 radical (unpaired) electrons. The Hall–Kier alpha value is -1.67. The number of hydrogen-bond donors (Lipinski definition) is 2. The van der Waals surface area contributed by atoms with Gasteiger partial charge in [0, 0.05) is 11.1 Å². The van der Waals surface area contributed by atoms with Crippen LogP contribution in [0.4, 0.5) is 26.3 Å². The lowest BCUT2D eigenvalue weighted by Crippen LogP contribution is -2.28. The number of aliphatic hydroxyl groups is 2. The average molecular weight is 290 g/mol. The monoisotopic (exact) mass is 290 g/mol. The quantitative estimate of drug-likeness (QED) is 0.574. The van der Waals surface area contributed by atoms with Crippen molar-refractivity contribution in [1.82, 2.24) is 0 Å². The summed E-state index contributed by atoms with van der Waals surface area (Å²) in [5.74, 6) is -6.03. The summed E-state index contributed by atoms with van der Waals surface area (Å²) >= 11 is 0. The molecule has 0 heterocycles. The highest BCUT2D eigenvalue weighted by atomic mass is 19.4. The predicted molar refractivity (Wildman–Crippen MR) is 50.3 cm³/mol. The summed E-state index contributed by atoms with van der Waals surface area (Å²) in [6.07, 6.45) is -11.7. The lowest BCUT2D eigenvalue weighted by Gasteiger charge is -2.20. The summed E-state index contributed by atoms with van der Waals surface area (Å²) in [6.45, 7) is 0. The lowest BCUT2D eigenvalue weighted by atomic mass is 9.89. The Morgan fingerprint density at radius 1 is 1.00 bits per heavy atom. The third-order valence-corrected chi connectivity index (χ3v) is 2.51. The highest BCUT2D eigenvalue weighted by molar-refractivity contribution is 6.00. The first-order chi connectivity index (χ1) is 8.46. The van der Waals surface area contributed by atoms with Crippen LogP contribution >= 0.6 is 0 Å². The van der Waals surface area contributed by atoms with E-state index in [-0.39, 0.29) is 6.42 Å². The van der Waals surface area contributed by atoms with Crippen molar-refractivity contribution < 1.29 is 41.4 Å². The van der Waals surface area contributed by atoms with Crippen molar-refractivity contribution >= 4 is 5.78 Å². The zero-order valence-electron chi connectivity index (χ0n) is 9.19. The van der Waals surface area contributed by atoms with Gasteiger partial charge in [0.1, 0.15) is 5.76 Å². The van der Waals surface area contributed by atoms with Crippen molar-refractivity contribution in [3.8, 4) is 0 Å². The van der Waals surface area contributed by atoms with E-state index in [2.05, 4.69) is 0 Å². The third kappa shape index (κ3) is 3.21. The van der Waals surface area contributed by atoms with Crippen LogP contribution < -0.4 is 0 Å². The van der Waals surface area contributed by atoms with Crippen molar-refractivity contribution in [1.29, 1.82) is 0 Å². The van der Waals surface area contributed by atoms with E-state index < -0.39 is 53.6 Å². The Labute approximate surface area is 102 Å². The number of allylic oxidation sites excluding steroid dienone is 3. The van der Waals surface area contributed by atoms with Gasteiger partial charge in [-0.1, -0.05) is 0 Å². The number of carbonyl (C=O) groups excluding carboxylic acids is 1. The molecule has 0 bridgehead atoms. The third-order valence-electron chi connectivity index (χ3n) is 2.51. The van der Waals surface area contributed by atoms with Gasteiger partial charge in [0.2, 0.25) is 5.76 Å². The minimum absolute atomic E-state index is 0.212. The lowest BCUT2D eigenvalue weighted by molar-refractivity contribution is -0.167. The van der Waals surface area contributed by atoms with Crippen molar-refractivity contribution in [3.63, 3.8) is 0 Å². The van der Waals surface area contributed by atoms with Gasteiger partial charge in [-0.15, -0.1) is 0 Å². The van der Waals surface area contributed by atoms with Crippen LogP contribution in [0.2, 0.25) is 0 Å². The van der Waals surface area contributed by atoms with E-state index in [4.69, 9.17) is 5.11 Å². The van der Waals surface area contributed by atoms with E-state index in [9.17, 15) is 36.2 Å². The van der Waals surface area contributed by atoms with Gasteiger partial charge in [-0.3, -0.25) is 4.79 Å². The maximum Gasteiger partial charge on any atom is 0.454 e. The first-order valence-electron chi connectivity index (χ1n) is 4.99. The highest BCUT2D eigenvalue weighted by Gasteiger charge is 2.45. The molecule has 0 aromatic rings. The van der Waals surface area contributed by atoms with Gasteiger partial charge in [-0.2, -0.15) is 26.3 Å². The smallest absolute Gasteiger partial charge is 0.454 e. The van der Waals surface area contributed by atoms with Crippen LogP contribution in [0, 0.1) is 0 Å². The standard InChI is InChI=1S/C10H8F6O3/c11-9(12,13)7(18)4-2-1-3-5(6(4)17)8(19)10(14,15)16/h17-18H,1-3H2/b7-4-. The molecule has 19 heavy (non-hydrogen) atoms. The van der Waals surface area contributed by atoms with Crippen LogP contribution in [0.5, 0.6) is 0 Å². The van der Waals surface area contributed by atoms with Gasteiger partial charge in [0.15, 0.2) is 0 Å². The molecule has 0 aliphatic heterocycles. The largest absolute Gasteiger partial charge is 0.507 e. The van der Waals surface area contributed by atoms with Gasteiger partial charge < -0.3 is 10.2 Å². The van der Waals surface area contributed by atoms with E-state index in [0.717, 1.165) is 0 Å². The van der Waals surface area contributed by atoms with E-state index in [1.54, 1.807) is 0 Å². The van der Waals surface area contributed by atoms with Gasteiger partial charge in [0.05, 0.1) is 0 Å². The van der Waals surface area contributed by atoms with Crippen molar-refractivity contribution in [3.05, 3.63) is 22.7 Å². The number of alkyl halides is 6. The van der Waals surface area contributed by atoms with E-state index >= 15 is 0 Å². The summed E-state index contributed by atoms with van der Waals surface area (Å²) in [7, 11) is 0. The SMILES string of the molecule is O=C(C1=C(O)/C(=C(\O)C(F)(F)F)CCC1)C(F)(F)F. The number of Topliss-reactive ketones (excluding diaryl/α,β-unsaturated/α-hetero) is 1. The molecule has 9 heteroatoms. The molecule has 1 rings (SSSR count). The Morgan fingerprint density at radius 2 is 1.53 bits per heavy atom. The minimum atomic E-state index is -5.29. The molecule has 1 aliphatic rings. The molecular formula is C10H8F6O3. The van der Waals surface area contributed by atoms with Gasteiger partial charge in [-0.25, -0.2) is 0 Å². The fourth-order valence-corrected chi connectivity index (χ4v) is 1.65. The Kier molecular flexibility index (Phi) is 3.87. The molecule has 0 atom stereocenters. The number of hydrogen-bond acceptors (Lipinski definition) is 3. The summed E-state index contributed by atoms with van der Waals surface area (Å²) in [5, 5.41) is 18.2. The van der Waals surface area contributed by atoms with Crippen LogP contribution in [-0.4, -0.2) is 28.3 Å². The molecule has 0 aromatic carbocycles. The zero-order chi connectivity index (χ0) is 15.0. The molecule has 0 aromatic heterocycles. The maximum atomic E-state index is 12.2. The molecule has 0 saturated carbocycles. The van der Waals surface area contributed by atoms with Crippen molar-refractivity contribution in [2.24, 2.45) is 0 Å². The molecule has 108 valence electrons. The van der Waals surface area contributed by atoms with Crippen LogP contribution in [0.3, 0.4) is 0 Å². The van der Waals surface area contributed by atoms with Crippen molar-refractivity contribution in [2.75, 3.05) is 0 Å². The topological polar surface area (TPSA) is 57.5 Å². The highest BCUT2D eigenvalue weighted by Crippen LogP contribution is 2.37. The summed E-state index contributed by atoms with van der Waals surface area (Å²) in [4.78, 5) is 10.9. The summed E-state index contributed by atoms with van der Waals surface area (Å²) < 4.78 is 73.2. The minimum Gasteiger partial charge on any atom is -0.507 e. The van der Waals surface area contributed by atoms with Crippen LogP contribution in [0.1, 0.15) is 19.3 Å².